The van der Waals surface area contributed by atoms with E-state index in [0.717, 1.165) is 35.9 Å². The molecule has 0 aliphatic rings. The highest BCUT2D eigenvalue weighted by atomic mass is 79.9. The molecule has 0 spiro atoms. The van der Waals surface area contributed by atoms with Gasteiger partial charge in [0.25, 0.3) is 10.0 Å². The van der Waals surface area contributed by atoms with Crippen molar-refractivity contribution < 1.29 is 8.42 Å². The molecule has 2 aromatic heterocycles. The average molecular weight is 548 g/mol. The molecule has 1 aromatic carbocycles. The highest BCUT2D eigenvalue weighted by Crippen LogP contribution is 2.36. The molecule has 0 saturated carbocycles. The maximum Gasteiger partial charge on any atom is 0.256 e. The SMILES string of the molecule is CSc1sc(C)cc1/S(=N\S(C)(=O)=O)c1cccc(Br)c1.N=CN.c1ccncc1. The number of hydrogen-bond acceptors (Lipinski definition) is 6. The number of rotatable bonds is 4. The highest BCUT2D eigenvalue weighted by molar-refractivity contribution is 9.10. The van der Waals surface area contributed by atoms with Crippen LogP contribution >= 0.6 is 39.0 Å². The Balaban J connectivity index is 0.000000415. The number of aromatic nitrogens is 1. The zero-order chi connectivity index (χ0) is 22.6. The van der Waals surface area contributed by atoms with Crippen molar-refractivity contribution in [2.45, 2.75) is 20.9 Å². The summed E-state index contributed by atoms with van der Waals surface area (Å²) in [4.78, 5) is 6.81. The number of thioether (sulfide) groups is 1. The highest BCUT2D eigenvalue weighted by Gasteiger charge is 2.16. The number of nitrogens with zero attached hydrogens (tertiary/aromatic N) is 2. The van der Waals surface area contributed by atoms with E-state index in [-0.39, 0.29) is 0 Å². The van der Waals surface area contributed by atoms with Crippen LogP contribution in [0.15, 0.2) is 83.2 Å². The van der Waals surface area contributed by atoms with Gasteiger partial charge in [0, 0.05) is 31.5 Å². The van der Waals surface area contributed by atoms with Gasteiger partial charge >= 0.3 is 0 Å². The first kappa shape index (κ1) is 26.5. The van der Waals surface area contributed by atoms with E-state index < -0.39 is 20.7 Å². The van der Waals surface area contributed by atoms with Gasteiger partial charge in [-0.05, 0) is 60.3 Å². The standard InChI is InChI=1S/C13H14BrNO2S4.C5H5N.CH4N2/c1-9-7-12(13(18-2)19-9)20(15-21(3,16)17)11-6-4-5-10(14)8-11;1-2-4-6-5-3-1;2-1-3/h4-8H,1-3H3;1-5H;1H,(H3,2,3). The normalized spacial score (nSPS) is 11.5. The number of sulfonamides is 1. The van der Waals surface area contributed by atoms with Crippen LogP contribution < -0.4 is 5.73 Å². The molecule has 162 valence electrons. The number of nitrogens with one attached hydrogen (secondary N) is 1. The molecule has 0 aliphatic heterocycles. The Kier molecular flexibility index (Phi) is 12.1. The van der Waals surface area contributed by atoms with Crippen molar-refractivity contribution >= 4 is 66.1 Å². The van der Waals surface area contributed by atoms with E-state index in [1.54, 1.807) is 35.5 Å². The summed E-state index contributed by atoms with van der Waals surface area (Å²) in [7, 11) is -4.26. The Morgan fingerprint density at radius 1 is 1.23 bits per heavy atom. The Labute approximate surface area is 197 Å². The van der Waals surface area contributed by atoms with Gasteiger partial charge in [-0.2, -0.15) is 0 Å². The third kappa shape index (κ3) is 9.98. The molecule has 0 fully saturated rings. The molecular formula is C19H23BrN4O2S4. The largest absolute Gasteiger partial charge is 0.390 e. The van der Waals surface area contributed by atoms with E-state index in [1.165, 1.54) is 0 Å². The molecule has 0 radical (unpaired) electrons. The molecule has 3 aromatic rings. The van der Waals surface area contributed by atoms with Crippen LogP contribution in [0.5, 0.6) is 0 Å². The lowest BCUT2D eigenvalue weighted by Crippen LogP contribution is -1.99. The molecule has 0 bridgehead atoms. The summed E-state index contributed by atoms with van der Waals surface area (Å²) in [6.07, 6.45) is 7.39. The number of benzene rings is 1. The molecule has 11 heteroatoms. The van der Waals surface area contributed by atoms with Crippen molar-refractivity contribution in [3.8, 4) is 0 Å². The number of halogens is 1. The molecule has 0 amide bonds. The van der Waals surface area contributed by atoms with Crippen LogP contribution in [0.4, 0.5) is 0 Å². The molecular weight excluding hydrogens is 524 g/mol. The topological polar surface area (TPSA) is 109 Å². The Hall–Kier alpha value is -1.53. The van der Waals surface area contributed by atoms with Gasteiger partial charge in [-0.15, -0.1) is 26.9 Å². The van der Waals surface area contributed by atoms with Gasteiger partial charge in [0.1, 0.15) is 0 Å². The van der Waals surface area contributed by atoms with E-state index in [0.29, 0.717) is 0 Å². The van der Waals surface area contributed by atoms with Crippen LogP contribution in [0.25, 0.3) is 0 Å². The summed E-state index contributed by atoms with van der Waals surface area (Å²) in [5.74, 6) is 0. The van der Waals surface area contributed by atoms with Crippen molar-refractivity contribution in [2.75, 3.05) is 12.5 Å². The minimum Gasteiger partial charge on any atom is -0.390 e. The second kappa shape index (κ2) is 13.7. The minimum atomic E-state index is -3.43. The predicted octanol–water partition coefficient (Wildman–Crippen LogP) is 5.35. The number of pyridine rings is 1. The van der Waals surface area contributed by atoms with E-state index in [2.05, 4.69) is 30.4 Å². The van der Waals surface area contributed by atoms with Crippen LogP contribution in [0.3, 0.4) is 0 Å². The quantitative estimate of drug-likeness (QED) is 0.260. The minimum absolute atomic E-state index is 0.750. The summed E-state index contributed by atoms with van der Waals surface area (Å²) in [5, 5.41) is 5.86. The summed E-state index contributed by atoms with van der Waals surface area (Å²) in [5.41, 5.74) is 4.39. The maximum atomic E-state index is 11.7. The van der Waals surface area contributed by atoms with Crippen LogP contribution in [0.1, 0.15) is 4.88 Å². The molecule has 6 nitrogen and oxygen atoms in total. The molecule has 3 rings (SSSR count). The first-order valence-electron chi connectivity index (χ1n) is 8.35. The maximum absolute atomic E-state index is 11.7. The van der Waals surface area contributed by atoms with Crippen molar-refractivity contribution in [2.24, 2.45) is 9.50 Å². The number of nitrogens with two attached hydrogens (primary N) is 1. The van der Waals surface area contributed by atoms with Gasteiger partial charge in [-0.1, -0.05) is 28.1 Å². The lowest BCUT2D eigenvalue weighted by atomic mass is 10.4. The number of aryl methyl sites for hydroxylation is 1. The fourth-order valence-corrected chi connectivity index (χ4v) is 7.98. The van der Waals surface area contributed by atoms with Gasteiger partial charge in [0.2, 0.25) is 0 Å². The van der Waals surface area contributed by atoms with Crippen molar-refractivity contribution in [3.63, 3.8) is 0 Å². The molecule has 2 heterocycles. The third-order valence-electron chi connectivity index (χ3n) is 2.98. The number of hydrogen-bond donors (Lipinski definition) is 2. The fraction of sp³-hybridized carbons (Fsp3) is 0.158. The van der Waals surface area contributed by atoms with Gasteiger partial charge in [-0.3, -0.25) is 10.4 Å². The zero-order valence-corrected chi connectivity index (χ0v) is 21.5. The van der Waals surface area contributed by atoms with Gasteiger partial charge in [-0.25, -0.2) is 8.42 Å². The first-order valence-corrected chi connectivity index (χ1v) is 14.2. The van der Waals surface area contributed by atoms with Crippen LogP contribution in [-0.2, 0) is 20.7 Å². The molecule has 30 heavy (non-hydrogen) atoms. The first-order chi connectivity index (χ1) is 14.2. The van der Waals surface area contributed by atoms with E-state index in [1.807, 2.05) is 61.7 Å². The molecule has 0 aliphatic carbocycles. The van der Waals surface area contributed by atoms with Gasteiger partial charge < -0.3 is 5.73 Å². The third-order valence-corrected chi connectivity index (χ3v) is 9.03. The lowest BCUT2D eigenvalue weighted by molar-refractivity contribution is 0.604. The Morgan fingerprint density at radius 3 is 2.30 bits per heavy atom. The van der Waals surface area contributed by atoms with E-state index in [4.69, 9.17) is 5.41 Å². The summed E-state index contributed by atoms with van der Waals surface area (Å²) >= 11 is 6.73. The molecule has 0 saturated heterocycles. The predicted molar refractivity (Wildman–Crippen MR) is 133 cm³/mol. The summed E-state index contributed by atoms with van der Waals surface area (Å²) < 4.78 is 29.5. The van der Waals surface area contributed by atoms with Crippen molar-refractivity contribution in [1.82, 2.24) is 4.98 Å². The Bertz CT molecular complexity index is 1040. The summed E-state index contributed by atoms with van der Waals surface area (Å²) in [6, 6.07) is 15.4. The zero-order valence-electron chi connectivity index (χ0n) is 16.7. The monoisotopic (exact) mass is 546 g/mol. The number of thiophene rings is 1. The van der Waals surface area contributed by atoms with Crippen LogP contribution in [0.2, 0.25) is 0 Å². The van der Waals surface area contributed by atoms with Gasteiger partial charge in [0.15, 0.2) is 0 Å². The average Bonchev–Trinajstić information content (AvgIpc) is 3.08. The smallest absolute Gasteiger partial charge is 0.256 e. The van der Waals surface area contributed by atoms with Gasteiger partial charge in [0.05, 0.1) is 16.8 Å². The second-order valence-electron chi connectivity index (χ2n) is 5.45. The van der Waals surface area contributed by atoms with Crippen molar-refractivity contribution in [1.29, 1.82) is 5.41 Å². The molecule has 1 unspecified atom stereocenters. The van der Waals surface area contributed by atoms with Crippen LogP contribution in [-0.4, -0.2) is 32.3 Å². The van der Waals surface area contributed by atoms with E-state index in [9.17, 15) is 8.42 Å². The molecule has 3 N–H and O–H groups in total. The molecule has 1 atom stereocenters. The second-order valence-corrected chi connectivity index (χ2v) is 12.2. The Morgan fingerprint density at radius 2 is 1.87 bits per heavy atom. The van der Waals surface area contributed by atoms with E-state index >= 15 is 0 Å². The van der Waals surface area contributed by atoms with Crippen molar-refractivity contribution in [3.05, 3.63) is 70.3 Å². The summed E-state index contributed by atoms with van der Waals surface area (Å²) in [6.45, 7) is 2.02. The van der Waals surface area contributed by atoms with Crippen LogP contribution in [0, 0.1) is 12.3 Å². The lowest BCUT2D eigenvalue weighted by Gasteiger charge is -2.08. The fourth-order valence-electron chi connectivity index (χ4n) is 1.99.